The minimum absolute atomic E-state index is 0.544. The Kier molecular flexibility index (Phi) is 5.60. The summed E-state index contributed by atoms with van der Waals surface area (Å²) in [6.45, 7) is 8.65. The maximum absolute atomic E-state index is 4.84. The van der Waals surface area contributed by atoms with Crippen LogP contribution in [0, 0.1) is 0 Å². The molecule has 3 heteroatoms. The summed E-state index contributed by atoms with van der Waals surface area (Å²) in [6, 6.07) is 8.99. The van der Waals surface area contributed by atoms with E-state index in [9.17, 15) is 0 Å². The predicted molar refractivity (Wildman–Crippen MR) is 86.1 cm³/mol. The number of nitrogens with zero attached hydrogens (tertiary/aromatic N) is 2. The van der Waals surface area contributed by atoms with Gasteiger partial charge in [-0.15, -0.1) is 0 Å². The number of nitrogens with one attached hydrogen (secondary N) is 1. The van der Waals surface area contributed by atoms with Crippen LogP contribution < -0.4 is 5.32 Å². The second-order valence-corrected chi connectivity index (χ2v) is 5.36. The Bertz CT molecular complexity index is 530. The normalized spacial score (nSPS) is 12.9. The lowest BCUT2D eigenvalue weighted by Gasteiger charge is -2.17. The highest BCUT2D eigenvalue weighted by molar-refractivity contribution is 5.75. The zero-order valence-electron chi connectivity index (χ0n) is 13.0. The number of hydrogen-bond acceptors (Lipinski definition) is 2. The van der Waals surface area contributed by atoms with Gasteiger partial charge in [-0.2, -0.15) is 0 Å². The molecule has 1 unspecified atom stereocenters. The second-order valence-electron chi connectivity index (χ2n) is 5.36. The van der Waals surface area contributed by atoms with E-state index < -0.39 is 0 Å². The van der Waals surface area contributed by atoms with E-state index in [4.69, 9.17) is 4.98 Å². The Balaban J connectivity index is 2.22. The third-order valence-electron chi connectivity index (χ3n) is 3.88. The molecule has 0 saturated heterocycles. The molecule has 2 aromatic rings. The molecule has 0 amide bonds. The molecule has 110 valence electrons. The minimum Gasteiger partial charge on any atom is -0.328 e. The van der Waals surface area contributed by atoms with E-state index in [1.165, 1.54) is 30.6 Å². The standard InChI is InChI=1S/C17H27N3/c1-4-7-10-14(18-5-2)13-17-19-15-11-8-9-12-16(15)20(17)6-3/h8-9,11-12,14,18H,4-7,10,13H2,1-3H3. The largest absolute Gasteiger partial charge is 0.328 e. The van der Waals surface area contributed by atoms with Crippen molar-refractivity contribution in [3.05, 3.63) is 30.1 Å². The van der Waals surface area contributed by atoms with Crippen molar-refractivity contribution in [1.82, 2.24) is 14.9 Å². The molecule has 1 aromatic heterocycles. The number of aromatic nitrogens is 2. The number of aryl methyl sites for hydroxylation is 1. The Morgan fingerprint density at radius 2 is 2.00 bits per heavy atom. The maximum Gasteiger partial charge on any atom is 0.111 e. The molecule has 2 rings (SSSR count). The number of fused-ring (bicyclic) bond motifs is 1. The van der Waals surface area contributed by atoms with E-state index in [1.54, 1.807) is 0 Å². The Labute approximate surface area is 122 Å². The van der Waals surface area contributed by atoms with Crippen molar-refractivity contribution >= 4 is 11.0 Å². The van der Waals surface area contributed by atoms with E-state index >= 15 is 0 Å². The molecule has 1 aromatic carbocycles. The highest BCUT2D eigenvalue weighted by Gasteiger charge is 2.14. The van der Waals surface area contributed by atoms with Gasteiger partial charge in [-0.25, -0.2) is 4.98 Å². The average molecular weight is 273 g/mol. The Morgan fingerprint density at radius 3 is 2.70 bits per heavy atom. The van der Waals surface area contributed by atoms with Crippen LogP contribution in [0.15, 0.2) is 24.3 Å². The molecule has 0 saturated carbocycles. The minimum atomic E-state index is 0.544. The van der Waals surface area contributed by atoms with Crippen LogP contribution in [0.1, 0.15) is 45.9 Å². The highest BCUT2D eigenvalue weighted by atomic mass is 15.1. The van der Waals surface area contributed by atoms with Gasteiger partial charge in [0.25, 0.3) is 0 Å². The topological polar surface area (TPSA) is 29.9 Å². The van der Waals surface area contributed by atoms with E-state index in [2.05, 4.69) is 54.9 Å². The SMILES string of the molecule is CCCCC(Cc1nc2ccccc2n1CC)NCC. The van der Waals surface area contributed by atoms with Crippen molar-refractivity contribution in [2.24, 2.45) is 0 Å². The molecular formula is C17H27N3. The lowest BCUT2D eigenvalue weighted by molar-refractivity contribution is 0.459. The lowest BCUT2D eigenvalue weighted by atomic mass is 10.1. The van der Waals surface area contributed by atoms with Gasteiger partial charge >= 0.3 is 0 Å². The first kappa shape index (κ1) is 15.0. The van der Waals surface area contributed by atoms with Crippen LogP contribution in [-0.2, 0) is 13.0 Å². The quantitative estimate of drug-likeness (QED) is 0.793. The van der Waals surface area contributed by atoms with Gasteiger partial charge in [0.1, 0.15) is 5.82 Å². The first-order valence-electron chi connectivity index (χ1n) is 7.97. The van der Waals surface area contributed by atoms with Crippen LogP contribution in [0.2, 0.25) is 0 Å². The van der Waals surface area contributed by atoms with Crippen LogP contribution in [0.25, 0.3) is 11.0 Å². The van der Waals surface area contributed by atoms with Crippen molar-refractivity contribution < 1.29 is 0 Å². The van der Waals surface area contributed by atoms with Crippen LogP contribution in [-0.4, -0.2) is 22.1 Å². The molecule has 0 aliphatic heterocycles. The molecule has 20 heavy (non-hydrogen) atoms. The second kappa shape index (κ2) is 7.44. The Hall–Kier alpha value is -1.35. The smallest absolute Gasteiger partial charge is 0.111 e. The molecule has 0 spiro atoms. The third kappa shape index (κ3) is 3.40. The number of unbranched alkanes of at least 4 members (excludes halogenated alkanes) is 1. The molecule has 1 atom stereocenters. The van der Waals surface area contributed by atoms with Gasteiger partial charge in [0.05, 0.1) is 11.0 Å². The Morgan fingerprint density at radius 1 is 1.20 bits per heavy atom. The number of hydrogen-bond donors (Lipinski definition) is 1. The summed E-state index contributed by atoms with van der Waals surface area (Å²) in [5.74, 6) is 1.22. The van der Waals surface area contributed by atoms with Crippen molar-refractivity contribution in [3.8, 4) is 0 Å². The van der Waals surface area contributed by atoms with Gasteiger partial charge in [-0.1, -0.05) is 38.8 Å². The average Bonchev–Trinajstić information content (AvgIpc) is 2.82. The van der Waals surface area contributed by atoms with Gasteiger partial charge in [0.15, 0.2) is 0 Å². The van der Waals surface area contributed by atoms with Gasteiger partial charge in [0, 0.05) is 19.0 Å². The number of imidazole rings is 1. The van der Waals surface area contributed by atoms with Crippen LogP contribution >= 0.6 is 0 Å². The van der Waals surface area contributed by atoms with E-state index in [0.29, 0.717) is 6.04 Å². The van der Waals surface area contributed by atoms with Crippen molar-refractivity contribution in [2.75, 3.05) is 6.54 Å². The highest BCUT2D eigenvalue weighted by Crippen LogP contribution is 2.18. The fourth-order valence-corrected chi connectivity index (χ4v) is 2.87. The number of rotatable bonds is 8. The first-order chi connectivity index (χ1) is 9.80. The van der Waals surface area contributed by atoms with Gasteiger partial charge in [-0.3, -0.25) is 0 Å². The van der Waals surface area contributed by atoms with Gasteiger partial charge in [-0.05, 0) is 32.0 Å². The number of benzene rings is 1. The van der Waals surface area contributed by atoms with E-state index in [0.717, 1.165) is 25.0 Å². The fourth-order valence-electron chi connectivity index (χ4n) is 2.87. The zero-order valence-corrected chi connectivity index (χ0v) is 13.0. The third-order valence-corrected chi connectivity index (χ3v) is 3.88. The first-order valence-corrected chi connectivity index (χ1v) is 7.97. The summed E-state index contributed by atoms with van der Waals surface area (Å²) in [6.07, 6.45) is 4.80. The summed E-state index contributed by atoms with van der Waals surface area (Å²) < 4.78 is 2.35. The molecule has 0 fully saturated rings. The molecule has 0 aliphatic carbocycles. The van der Waals surface area contributed by atoms with Gasteiger partial charge < -0.3 is 9.88 Å². The van der Waals surface area contributed by atoms with Crippen LogP contribution in [0.5, 0.6) is 0 Å². The molecule has 0 radical (unpaired) electrons. The van der Waals surface area contributed by atoms with Crippen LogP contribution in [0.3, 0.4) is 0 Å². The molecular weight excluding hydrogens is 246 g/mol. The predicted octanol–water partition coefficient (Wildman–Crippen LogP) is 3.77. The molecule has 0 bridgehead atoms. The molecule has 1 N–H and O–H groups in total. The van der Waals surface area contributed by atoms with Gasteiger partial charge in [0.2, 0.25) is 0 Å². The summed E-state index contributed by atoms with van der Waals surface area (Å²) in [7, 11) is 0. The summed E-state index contributed by atoms with van der Waals surface area (Å²) in [5.41, 5.74) is 2.38. The number of para-hydroxylation sites is 2. The van der Waals surface area contributed by atoms with E-state index in [-0.39, 0.29) is 0 Å². The van der Waals surface area contributed by atoms with Crippen molar-refractivity contribution in [1.29, 1.82) is 0 Å². The summed E-state index contributed by atoms with van der Waals surface area (Å²) >= 11 is 0. The summed E-state index contributed by atoms with van der Waals surface area (Å²) in [4.78, 5) is 4.84. The zero-order chi connectivity index (χ0) is 14.4. The molecule has 1 heterocycles. The molecule has 3 nitrogen and oxygen atoms in total. The summed E-state index contributed by atoms with van der Waals surface area (Å²) in [5, 5.41) is 3.61. The number of likely N-dealkylation sites (N-methyl/N-ethyl adjacent to an activating group) is 1. The van der Waals surface area contributed by atoms with Crippen LogP contribution in [0.4, 0.5) is 0 Å². The monoisotopic (exact) mass is 273 g/mol. The lowest BCUT2D eigenvalue weighted by Crippen LogP contribution is -2.32. The molecule has 0 aliphatic rings. The maximum atomic E-state index is 4.84. The van der Waals surface area contributed by atoms with E-state index in [1.807, 2.05) is 0 Å². The van der Waals surface area contributed by atoms with Crippen molar-refractivity contribution in [2.45, 2.75) is 59.0 Å². The van der Waals surface area contributed by atoms with Crippen molar-refractivity contribution in [3.63, 3.8) is 0 Å². The fraction of sp³-hybridized carbons (Fsp3) is 0.588.